The third-order valence-electron chi connectivity index (χ3n) is 2.95. The van der Waals surface area contributed by atoms with Gasteiger partial charge in [0.05, 0.1) is 27.0 Å². The number of hydrogen-bond donors (Lipinski definition) is 1. The highest BCUT2D eigenvalue weighted by Gasteiger charge is 2.18. The molecule has 0 unspecified atom stereocenters. The first-order valence-corrected chi connectivity index (χ1v) is 6.01. The summed E-state index contributed by atoms with van der Waals surface area (Å²) < 4.78 is 15.9. The van der Waals surface area contributed by atoms with Crippen LogP contribution in [0.5, 0.6) is 17.4 Å². The van der Waals surface area contributed by atoms with E-state index in [1.54, 1.807) is 21.1 Å². The molecule has 1 aromatic carbocycles. The highest BCUT2D eigenvalue weighted by atomic mass is 16.5. The average molecular weight is 275 g/mol. The number of aryl methyl sites for hydroxylation is 1. The molecule has 0 fully saturated rings. The molecule has 0 saturated carbocycles. The smallest absolute Gasteiger partial charge is 0.240 e. The van der Waals surface area contributed by atoms with Gasteiger partial charge in [-0.05, 0) is 19.1 Å². The Labute approximate surface area is 117 Å². The van der Waals surface area contributed by atoms with Gasteiger partial charge < -0.3 is 19.9 Å². The second-order valence-corrected chi connectivity index (χ2v) is 4.09. The van der Waals surface area contributed by atoms with Gasteiger partial charge in [0.1, 0.15) is 22.7 Å². The summed E-state index contributed by atoms with van der Waals surface area (Å²) >= 11 is 0. The fourth-order valence-electron chi connectivity index (χ4n) is 1.89. The van der Waals surface area contributed by atoms with Gasteiger partial charge in [-0.25, -0.2) is 4.98 Å². The number of nitrogens with two attached hydrogens (primary N) is 1. The molecule has 0 bridgehead atoms. The Balaban J connectivity index is 2.71. The van der Waals surface area contributed by atoms with Gasteiger partial charge in [-0.15, -0.1) is 0 Å². The summed E-state index contributed by atoms with van der Waals surface area (Å²) in [4.78, 5) is 8.71. The van der Waals surface area contributed by atoms with Crippen molar-refractivity contribution in [1.82, 2.24) is 9.97 Å². The molecule has 0 amide bonds. The molecule has 1 aromatic heterocycles. The van der Waals surface area contributed by atoms with E-state index in [0.717, 1.165) is 0 Å². The van der Waals surface area contributed by atoms with Crippen LogP contribution in [0.15, 0.2) is 18.2 Å². The molecule has 20 heavy (non-hydrogen) atoms. The Morgan fingerprint density at radius 3 is 2.05 bits per heavy atom. The third kappa shape index (κ3) is 2.32. The zero-order chi connectivity index (χ0) is 14.7. The number of hydrogen-bond acceptors (Lipinski definition) is 6. The van der Waals surface area contributed by atoms with Gasteiger partial charge in [0, 0.05) is 0 Å². The van der Waals surface area contributed by atoms with Crippen molar-refractivity contribution in [2.75, 3.05) is 27.1 Å². The molecule has 0 spiro atoms. The minimum Gasteiger partial charge on any atom is -0.496 e. The van der Waals surface area contributed by atoms with Gasteiger partial charge in [-0.1, -0.05) is 6.07 Å². The van der Waals surface area contributed by atoms with Crippen LogP contribution in [-0.4, -0.2) is 31.3 Å². The van der Waals surface area contributed by atoms with E-state index in [2.05, 4.69) is 9.97 Å². The number of benzene rings is 1. The van der Waals surface area contributed by atoms with Crippen molar-refractivity contribution in [3.8, 4) is 28.8 Å². The van der Waals surface area contributed by atoms with Crippen LogP contribution in [0.2, 0.25) is 0 Å². The Hall–Kier alpha value is -2.50. The standard InChI is InChI=1S/C14H17N3O3/c1-8-12(15)14(20-4)17-13(16-8)11-9(18-2)6-5-7-10(11)19-3/h5-7H,15H2,1-4H3. The molecule has 2 N–H and O–H groups in total. The Morgan fingerprint density at radius 2 is 1.55 bits per heavy atom. The van der Waals surface area contributed by atoms with Crippen molar-refractivity contribution in [2.45, 2.75) is 6.92 Å². The predicted octanol–water partition coefficient (Wildman–Crippen LogP) is 2.06. The van der Waals surface area contributed by atoms with Crippen LogP contribution in [0.25, 0.3) is 11.4 Å². The van der Waals surface area contributed by atoms with Crippen LogP contribution in [0.1, 0.15) is 5.69 Å². The molecule has 2 aromatic rings. The molecule has 0 saturated heterocycles. The topological polar surface area (TPSA) is 79.5 Å². The second kappa shape index (κ2) is 5.64. The summed E-state index contributed by atoms with van der Waals surface area (Å²) in [7, 11) is 4.68. The number of rotatable bonds is 4. The number of nitrogen functional groups attached to an aromatic ring is 1. The molecular weight excluding hydrogens is 258 g/mol. The van der Waals surface area contributed by atoms with Crippen LogP contribution in [0, 0.1) is 6.92 Å². The van der Waals surface area contributed by atoms with E-state index < -0.39 is 0 Å². The van der Waals surface area contributed by atoms with E-state index in [9.17, 15) is 0 Å². The lowest BCUT2D eigenvalue weighted by Gasteiger charge is -2.14. The number of methoxy groups -OCH3 is 3. The first-order valence-electron chi connectivity index (χ1n) is 6.01. The number of anilines is 1. The minimum absolute atomic E-state index is 0.334. The van der Waals surface area contributed by atoms with E-state index >= 15 is 0 Å². The van der Waals surface area contributed by atoms with Gasteiger partial charge in [0.25, 0.3) is 0 Å². The van der Waals surface area contributed by atoms with Crippen LogP contribution >= 0.6 is 0 Å². The lowest BCUT2D eigenvalue weighted by atomic mass is 10.1. The van der Waals surface area contributed by atoms with Crippen molar-refractivity contribution in [3.05, 3.63) is 23.9 Å². The first kappa shape index (κ1) is 13.9. The molecule has 0 atom stereocenters. The first-order chi connectivity index (χ1) is 9.62. The lowest BCUT2D eigenvalue weighted by molar-refractivity contribution is 0.393. The SMILES string of the molecule is COc1cccc(OC)c1-c1nc(C)c(N)c(OC)n1. The molecule has 6 nitrogen and oxygen atoms in total. The van der Waals surface area contributed by atoms with Gasteiger partial charge in [-0.2, -0.15) is 4.98 Å². The monoisotopic (exact) mass is 275 g/mol. The summed E-state index contributed by atoms with van der Waals surface area (Å²) in [6.07, 6.45) is 0. The van der Waals surface area contributed by atoms with Crippen molar-refractivity contribution < 1.29 is 14.2 Å². The largest absolute Gasteiger partial charge is 0.496 e. The second-order valence-electron chi connectivity index (χ2n) is 4.09. The van der Waals surface area contributed by atoms with Crippen molar-refractivity contribution in [2.24, 2.45) is 0 Å². The van der Waals surface area contributed by atoms with Crippen molar-refractivity contribution in [1.29, 1.82) is 0 Å². The van der Waals surface area contributed by atoms with Crippen LogP contribution in [0.4, 0.5) is 5.69 Å². The third-order valence-corrected chi connectivity index (χ3v) is 2.95. The predicted molar refractivity (Wildman–Crippen MR) is 76.3 cm³/mol. The lowest BCUT2D eigenvalue weighted by Crippen LogP contribution is -2.04. The maximum atomic E-state index is 5.87. The fourth-order valence-corrected chi connectivity index (χ4v) is 1.89. The van der Waals surface area contributed by atoms with E-state index in [1.807, 2.05) is 18.2 Å². The summed E-state index contributed by atoms with van der Waals surface area (Å²) in [5.74, 6) is 2.02. The van der Waals surface area contributed by atoms with Crippen LogP contribution < -0.4 is 19.9 Å². The summed E-state index contributed by atoms with van der Waals surface area (Å²) in [5, 5.41) is 0. The number of aromatic nitrogens is 2. The van der Waals surface area contributed by atoms with Gasteiger partial charge >= 0.3 is 0 Å². The molecule has 1 heterocycles. The molecule has 6 heteroatoms. The summed E-state index contributed by atoms with van der Waals surface area (Å²) in [5.41, 5.74) is 7.59. The molecule has 2 rings (SSSR count). The summed E-state index contributed by atoms with van der Waals surface area (Å²) in [6, 6.07) is 5.47. The van der Waals surface area contributed by atoms with E-state index in [-0.39, 0.29) is 0 Å². The zero-order valence-corrected chi connectivity index (χ0v) is 11.9. The van der Waals surface area contributed by atoms with Gasteiger partial charge in [-0.3, -0.25) is 0 Å². The molecular formula is C14H17N3O3. The van der Waals surface area contributed by atoms with Gasteiger partial charge in [0.2, 0.25) is 5.88 Å². The molecule has 0 aliphatic heterocycles. The highest BCUT2D eigenvalue weighted by molar-refractivity contribution is 5.73. The maximum absolute atomic E-state index is 5.87. The molecule has 106 valence electrons. The van der Waals surface area contributed by atoms with E-state index in [0.29, 0.717) is 40.1 Å². The van der Waals surface area contributed by atoms with Crippen LogP contribution in [0.3, 0.4) is 0 Å². The zero-order valence-electron chi connectivity index (χ0n) is 11.9. The number of nitrogens with zero attached hydrogens (tertiary/aromatic N) is 2. The van der Waals surface area contributed by atoms with Crippen molar-refractivity contribution >= 4 is 5.69 Å². The highest BCUT2D eigenvalue weighted by Crippen LogP contribution is 2.38. The maximum Gasteiger partial charge on any atom is 0.240 e. The van der Waals surface area contributed by atoms with E-state index in [1.165, 1.54) is 7.11 Å². The van der Waals surface area contributed by atoms with Gasteiger partial charge in [0.15, 0.2) is 5.82 Å². The average Bonchev–Trinajstić information content (AvgIpc) is 2.48. The molecule has 0 radical (unpaired) electrons. The molecule has 0 aliphatic carbocycles. The fraction of sp³-hybridized carbons (Fsp3) is 0.286. The Morgan fingerprint density at radius 1 is 0.950 bits per heavy atom. The Bertz CT molecular complexity index is 607. The normalized spacial score (nSPS) is 10.2. The Kier molecular flexibility index (Phi) is 3.93. The quantitative estimate of drug-likeness (QED) is 0.920. The number of ether oxygens (including phenoxy) is 3. The van der Waals surface area contributed by atoms with Crippen molar-refractivity contribution in [3.63, 3.8) is 0 Å². The molecule has 0 aliphatic rings. The minimum atomic E-state index is 0.334. The van der Waals surface area contributed by atoms with Crippen LogP contribution in [-0.2, 0) is 0 Å². The van der Waals surface area contributed by atoms with E-state index in [4.69, 9.17) is 19.9 Å². The summed E-state index contributed by atoms with van der Waals surface area (Å²) in [6.45, 7) is 1.80.